The van der Waals surface area contributed by atoms with Crippen LogP contribution in [0.1, 0.15) is 10.4 Å². The maximum absolute atomic E-state index is 12.1. The molecule has 19 heavy (non-hydrogen) atoms. The van der Waals surface area contributed by atoms with Crippen molar-refractivity contribution in [1.29, 1.82) is 0 Å². The number of halogens is 3. The van der Waals surface area contributed by atoms with Gasteiger partial charge in [0.2, 0.25) is 0 Å². The van der Waals surface area contributed by atoms with Crippen LogP contribution in [0.4, 0.5) is 0 Å². The summed E-state index contributed by atoms with van der Waals surface area (Å²) < 4.78 is 0. The van der Waals surface area contributed by atoms with E-state index in [1.54, 1.807) is 24.3 Å². The third-order valence-corrected chi connectivity index (χ3v) is 4.47. The minimum Gasteiger partial charge on any atom is -0.293 e. The van der Waals surface area contributed by atoms with E-state index in [9.17, 15) is 4.79 Å². The van der Waals surface area contributed by atoms with Gasteiger partial charge in [-0.1, -0.05) is 46.9 Å². The summed E-state index contributed by atoms with van der Waals surface area (Å²) in [6.07, 6.45) is 0. The van der Waals surface area contributed by atoms with Crippen LogP contribution in [0, 0.1) is 0 Å². The maximum atomic E-state index is 12.1. The second-order valence-electron chi connectivity index (χ2n) is 3.77. The minimum atomic E-state index is -0.0579. The molecule has 0 N–H and O–H groups in total. The predicted octanol–water partition coefficient (Wildman–Crippen LogP) is 5.62. The molecule has 1 nitrogen and oxygen atoms in total. The molecule has 0 unspecified atom stereocenters. The van der Waals surface area contributed by atoms with Gasteiger partial charge in [-0.25, -0.2) is 0 Å². The average molecular weight is 332 g/mol. The summed E-state index contributed by atoms with van der Waals surface area (Å²) in [6.45, 7) is 0. The van der Waals surface area contributed by atoms with Crippen LogP contribution in [0.25, 0.3) is 0 Å². The number of carbonyl (C=O) groups excluding carboxylic acids is 1. The van der Waals surface area contributed by atoms with Crippen LogP contribution < -0.4 is 0 Å². The first-order chi connectivity index (χ1) is 9.08. The van der Waals surface area contributed by atoms with Crippen molar-refractivity contribution < 1.29 is 4.79 Å². The Morgan fingerprint density at radius 2 is 1.79 bits per heavy atom. The number of benzene rings is 2. The van der Waals surface area contributed by atoms with Gasteiger partial charge in [-0.2, -0.15) is 0 Å². The Hall–Kier alpha value is -0.670. The van der Waals surface area contributed by atoms with Crippen molar-refractivity contribution in [2.24, 2.45) is 0 Å². The van der Waals surface area contributed by atoms with E-state index in [-0.39, 0.29) is 5.78 Å². The highest BCUT2D eigenvalue weighted by molar-refractivity contribution is 8.00. The Balaban J connectivity index is 2.08. The molecular weight excluding hydrogens is 323 g/mol. The third-order valence-electron chi connectivity index (χ3n) is 2.42. The number of Topliss-reactive ketones (excluding diaryl/α,β-unsaturated/α-hetero) is 1. The number of hydrogen-bond acceptors (Lipinski definition) is 2. The lowest BCUT2D eigenvalue weighted by Gasteiger charge is -2.05. The summed E-state index contributed by atoms with van der Waals surface area (Å²) in [4.78, 5) is 13.0. The zero-order valence-electron chi connectivity index (χ0n) is 9.70. The van der Waals surface area contributed by atoms with Gasteiger partial charge >= 0.3 is 0 Å². The first-order valence-electron chi connectivity index (χ1n) is 5.43. The van der Waals surface area contributed by atoms with Crippen molar-refractivity contribution in [3.8, 4) is 0 Å². The topological polar surface area (TPSA) is 17.1 Å². The Labute approximate surface area is 130 Å². The van der Waals surface area contributed by atoms with E-state index in [0.717, 1.165) is 4.90 Å². The summed E-state index contributed by atoms with van der Waals surface area (Å²) >= 11 is 19.2. The van der Waals surface area contributed by atoms with E-state index < -0.39 is 0 Å². The van der Waals surface area contributed by atoms with Crippen LogP contribution in [0.15, 0.2) is 47.4 Å². The Morgan fingerprint density at radius 1 is 1.05 bits per heavy atom. The van der Waals surface area contributed by atoms with Crippen LogP contribution in [0.2, 0.25) is 15.1 Å². The molecule has 0 bridgehead atoms. The lowest BCUT2D eigenvalue weighted by molar-refractivity contribution is 0.102. The van der Waals surface area contributed by atoms with Gasteiger partial charge in [-0.15, -0.1) is 11.8 Å². The van der Waals surface area contributed by atoms with Crippen molar-refractivity contribution in [2.75, 3.05) is 5.75 Å². The summed E-state index contributed by atoms with van der Waals surface area (Å²) in [5.74, 6) is 0.234. The first kappa shape index (κ1) is 14.7. The molecule has 0 aliphatic carbocycles. The third kappa shape index (κ3) is 3.90. The van der Waals surface area contributed by atoms with Gasteiger partial charge in [0, 0.05) is 15.5 Å². The highest BCUT2D eigenvalue weighted by atomic mass is 35.5. The van der Waals surface area contributed by atoms with Crippen molar-refractivity contribution in [1.82, 2.24) is 0 Å². The van der Waals surface area contributed by atoms with Crippen LogP contribution in [-0.2, 0) is 0 Å². The summed E-state index contributed by atoms with van der Waals surface area (Å²) in [5, 5.41) is 1.35. The lowest BCUT2D eigenvalue weighted by atomic mass is 10.1. The monoisotopic (exact) mass is 330 g/mol. The normalized spacial score (nSPS) is 10.5. The van der Waals surface area contributed by atoms with E-state index in [1.807, 2.05) is 18.2 Å². The van der Waals surface area contributed by atoms with Gasteiger partial charge < -0.3 is 0 Å². The van der Waals surface area contributed by atoms with Crippen LogP contribution in [0.5, 0.6) is 0 Å². The van der Waals surface area contributed by atoms with E-state index >= 15 is 0 Å². The molecule has 0 aliphatic heterocycles. The van der Waals surface area contributed by atoms with Crippen molar-refractivity contribution in [3.05, 3.63) is 63.1 Å². The van der Waals surface area contributed by atoms with Gasteiger partial charge in [0.05, 0.1) is 15.8 Å². The molecule has 2 rings (SSSR count). The second-order valence-corrected chi connectivity index (χ2v) is 6.04. The largest absolute Gasteiger partial charge is 0.293 e. The fraction of sp³-hybridized carbons (Fsp3) is 0.0714. The SMILES string of the molecule is O=C(CSc1cccc(Cl)c1)c1cccc(Cl)c1Cl. The Kier molecular flexibility index (Phi) is 5.17. The molecule has 0 aromatic heterocycles. The Bertz CT molecular complexity index is 613. The fourth-order valence-corrected chi connectivity index (χ4v) is 3.00. The van der Waals surface area contributed by atoms with Gasteiger partial charge in [0.1, 0.15) is 0 Å². The molecule has 0 amide bonds. The predicted molar refractivity (Wildman–Crippen MR) is 83.0 cm³/mol. The van der Waals surface area contributed by atoms with Crippen LogP contribution in [0.3, 0.4) is 0 Å². The standard InChI is InChI=1S/C14H9Cl3OS/c15-9-3-1-4-10(7-9)19-8-13(18)11-5-2-6-12(16)14(11)17/h1-7H,8H2. The summed E-state index contributed by atoms with van der Waals surface area (Å²) in [7, 11) is 0. The quantitative estimate of drug-likeness (QED) is 0.534. The molecule has 98 valence electrons. The Morgan fingerprint density at radius 3 is 2.53 bits per heavy atom. The van der Waals surface area contributed by atoms with Crippen molar-refractivity contribution >= 4 is 52.3 Å². The lowest BCUT2D eigenvalue weighted by Crippen LogP contribution is -2.03. The number of carbonyl (C=O) groups is 1. The molecule has 0 spiro atoms. The molecule has 0 heterocycles. The molecule has 0 fully saturated rings. The van der Waals surface area contributed by atoms with Gasteiger partial charge in [0.25, 0.3) is 0 Å². The highest BCUT2D eigenvalue weighted by Crippen LogP contribution is 2.28. The van der Waals surface area contributed by atoms with E-state index in [4.69, 9.17) is 34.8 Å². The number of rotatable bonds is 4. The number of thioether (sulfide) groups is 1. The first-order valence-corrected chi connectivity index (χ1v) is 7.55. The highest BCUT2D eigenvalue weighted by Gasteiger charge is 2.12. The van der Waals surface area contributed by atoms with E-state index in [1.165, 1.54) is 11.8 Å². The summed E-state index contributed by atoms with van der Waals surface area (Å²) in [6, 6.07) is 12.4. The minimum absolute atomic E-state index is 0.0579. The molecule has 0 saturated carbocycles. The average Bonchev–Trinajstić information content (AvgIpc) is 2.39. The molecule has 2 aromatic rings. The molecular formula is C14H9Cl3OS. The molecule has 0 aliphatic rings. The maximum Gasteiger partial charge on any atom is 0.174 e. The molecule has 0 radical (unpaired) electrons. The molecule has 5 heteroatoms. The fourth-order valence-electron chi connectivity index (χ4n) is 1.50. The zero-order valence-corrected chi connectivity index (χ0v) is 12.8. The van der Waals surface area contributed by atoms with Crippen molar-refractivity contribution in [3.63, 3.8) is 0 Å². The zero-order chi connectivity index (χ0) is 13.8. The molecule has 0 atom stereocenters. The number of ketones is 1. The van der Waals surface area contributed by atoms with Crippen molar-refractivity contribution in [2.45, 2.75) is 4.90 Å². The van der Waals surface area contributed by atoms with Gasteiger partial charge in [0.15, 0.2) is 5.78 Å². The molecule has 2 aromatic carbocycles. The molecule has 0 saturated heterocycles. The van der Waals surface area contributed by atoms with E-state index in [2.05, 4.69) is 0 Å². The van der Waals surface area contributed by atoms with Crippen LogP contribution >= 0.6 is 46.6 Å². The summed E-state index contributed by atoms with van der Waals surface area (Å²) in [5.41, 5.74) is 0.448. The smallest absolute Gasteiger partial charge is 0.174 e. The number of hydrogen-bond donors (Lipinski definition) is 0. The van der Waals surface area contributed by atoms with E-state index in [0.29, 0.717) is 26.4 Å². The van der Waals surface area contributed by atoms with Gasteiger partial charge in [-0.05, 0) is 30.3 Å². The second kappa shape index (κ2) is 6.67. The van der Waals surface area contributed by atoms with Gasteiger partial charge in [-0.3, -0.25) is 4.79 Å². The van der Waals surface area contributed by atoms with Crippen LogP contribution in [-0.4, -0.2) is 11.5 Å².